The quantitative estimate of drug-likeness (QED) is 0.745. The number of benzene rings is 1. The predicted octanol–water partition coefficient (Wildman–Crippen LogP) is 0.524. The van der Waals surface area contributed by atoms with E-state index in [-0.39, 0.29) is 12.5 Å². The van der Waals surface area contributed by atoms with Gasteiger partial charge in [-0.05, 0) is 19.1 Å². The molecule has 1 amide bonds. The Hall–Kier alpha value is -1.60. The largest absolute Gasteiger partial charge is 0.383 e. The number of nitrogens with zero attached hydrogens (tertiary/aromatic N) is 1. The lowest BCUT2D eigenvalue weighted by molar-refractivity contribution is -0.119. The van der Waals surface area contributed by atoms with E-state index in [0.29, 0.717) is 18.8 Å². The molecule has 1 aromatic carbocycles. The fourth-order valence-corrected chi connectivity index (χ4v) is 2.45. The molecule has 0 unspecified atom stereocenters. The standard InChI is InChI=1S/C13H20N2O4S/c1-11-4-6-12(7-5-11)15(20(3,17)18)10-13(16)14-8-9-19-2/h4-7H,8-10H2,1-3H3,(H,14,16). The van der Waals surface area contributed by atoms with Crippen LogP contribution >= 0.6 is 0 Å². The average molecular weight is 300 g/mol. The molecule has 0 radical (unpaired) electrons. The molecule has 0 aromatic heterocycles. The summed E-state index contributed by atoms with van der Waals surface area (Å²) in [6.07, 6.45) is 1.08. The zero-order valence-electron chi connectivity index (χ0n) is 11.9. The van der Waals surface area contributed by atoms with Crippen LogP contribution in [-0.2, 0) is 19.6 Å². The van der Waals surface area contributed by atoms with E-state index in [1.54, 1.807) is 24.3 Å². The van der Waals surface area contributed by atoms with Crippen molar-refractivity contribution in [1.82, 2.24) is 5.32 Å². The number of nitrogens with one attached hydrogen (secondary N) is 1. The first-order valence-corrected chi connectivity index (χ1v) is 7.99. The highest BCUT2D eigenvalue weighted by Crippen LogP contribution is 2.17. The van der Waals surface area contributed by atoms with E-state index in [2.05, 4.69) is 5.32 Å². The number of hydrogen-bond acceptors (Lipinski definition) is 4. The molecule has 1 aromatic rings. The maximum absolute atomic E-state index is 11.8. The van der Waals surface area contributed by atoms with Crippen LogP contribution < -0.4 is 9.62 Å². The van der Waals surface area contributed by atoms with Crippen molar-refractivity contribution in [3.63, 3.8) is 0 Å². The van der Waals surface area contributed by atoms with E-state index in [9.17, 15) is 13.2 Å². The van der Waals surface area contributed by atoms with Crippen molar-refractivity contribution in [3.05, 3.63) is 29.8 Å². The van der Waals surface area contributed by atoms with Crippen LogP contribution in [0.5, 0.6) is 0 Å². The fourth-order valence-electron chi connectivity index (χ4n) is 1.59. The summed E-state index contributed by atoms with van der Waals surface area (Å²) in [5, 5.41) is 2.60. The molecule has 0 saturated heterocycles. The maximum atomic E-state index is 11.8. The van der Waals surface area contributed by atoms with E-state index in [1.165, 1.54) is 7.11 Å². The minimum Gasteiger partial charge on any atom is -0.383 e. The minimum absolute atomic E-state index is 0.244. The molecule has 1 N–H and O–H groups in total. The molecule has 7 heteroatoms. The zero-order valence-corrected chi connectivity index (χ0v) is 12.7. The van der Waals surface area contributed by atoms with E-state index in [0.717, 1.165) is 16.1 Å². The molecular formula is C13H20N2O4S. The van der Waals surface area contributed by atoms with E-state index >= 15 is 0 Å². The van der Waals surface area contributed by atoms with Crippen molar-refractivity contribution in [2.45, 2.75) is 6.92 Å². The second kappa shape index (κ2) is 7.25. The number of ether oxygens (including phenoxy) is 1. The third-order valence-corrected chi connectivity index (χ3v) is 3.78. The second-order valence-electron chi connectivity index (χ2n) is 4.45. The summed E-state index contributed by atoms with van der Waals surface area (Å²) in [4.78, 5) is 11.7. The Labute approximate surface area is 119 Å². The Morgan fingerprint density at radius 3 is 2.40 bits per heavy atom. The topological polar surface area (TPSA) is 75.7 Å². The van der Waals surface area contributed by atoms with Crippen LogP contribution in [-0.4, -0.2) is 47.4 Å². The summed E-state index contributed by atoms with van der Waals surface area (Å²) in [5.74, 6) is -0.368. The highest BCUT2D eigenvalue weighted by Gasteiger charge is 2.20. The van der Waals surface area contributed by atoms with Crippen LogP contribution in [0.25, 0.3) is 0 Å². The van der Waals surface area contributed by atoms with E-state index in [1.807, 2.05) is 6.92 Å². The molecule has 0 aliphatic heterocycles. The highest BCUT2D eigenvalue weighted by atomic mass is 32.2. The molecule has 1 rings (SSSR count). The summed E-state index contributed by atoms with van der Waals surface area (Å²) in [6.45, 7) is 2.40. The van der Waals surface area contributed by atoms with Gasteiger partial charge >= 0.3 is 0 Å². The van der Waals surface area contributed by atoms with Crippen LogP contribution in [0.15, 0.2) is 24.3 Å². The number of rotatable bonds is 7. The fraction of sp³-hybridized carbons (Fsp3) is 0.462. The lowest BCUT2D eigenvalue weighted by atomic mass is 10.2. The van der Waals surface area contributed by atoms with Crippen molar-refractivity contribution >= 4 is 21.6 Å². The Morgan fingerprint density at radius 1 is 1.30 bits per heavy atom. The summed E-state index contributed by atoms with van der Waals surface area (Å²) in [6, 6.07) is 6.96. The van der Waals surface area contributed by atoms with Gasteiger partial charge in [-0.2, -0.15) is 0 Å². The predicted molar refractivity (Wildman–Crippen MR) is 78.3 cm³/mol. The van der Waals surface area contributed by atoms with Crippen molar-refractivity contribution in [3.8, 4) is 0 Å². The van der Waals surface area contributed by atoms with E-state index < -0.39 is 10.0 Å². The molecule has 20 heavy (non-hydrogen) atoms. The number of hydrogen-bond donors (Lipinski definition) is 1. The Kier molecular flexibility index (Phi) is 5.97. The number of methoxy groups -OCH3 is 1. The Morgan fingerprint density at radius 2 is 1.90 bits per heavy atom. The molecule has 0 aliphatic carbocycles. The second-order valence-corrected chi connectivity index (χ2v) is 6.35. The van der Waals surface area contributed by atoms with Gasteiger partial charge in [-0.1, -0.05) is 17.7 Å². The molecule has 0 bridgehead atoms. The van der Waals surface area contributed by atoms with Crippen LogP contribution in [0.1, 0.15) is 5.56 Å². The van der Waals surface area contributed by atoms with Crippen LogP contribution in [0.2, 0.25) is 0 Å². The summed E-state index contributed by atoms with van der Waals surface area (Å²) < 4.78 is 29.5. The highest BCUT2D eigenvalue weighted by molar-refractivity contribution is 7.92. The first-order valence-electron chi connectivity index (χ1n) is 6.14. The summed E-state index contributed by atoms with van der Waals surface area (Å²) in [5.41, 5.74) is 1.49. The van der Waals surface area contributed by atoms with Gasteiger partial charge in [0.2, 0.25) is 15.9 Å². The van der Waals surface area contributed by atoms with Crippen LogP contribution in [0.3, 0.4) is 0 Å². The van der Waals surface area contributed by atoms with Gasteiger partial charge in [-0.15, -0.1) is 0 Å². The van der Waals surface area contributed by atoms with E-state index in [4.69, 9.17) is 4.74 Å². The molecule has 0 spiro atoms. The maximum Gasteiger partial charge on any atom is 0.240 e. The van der Waals surface area contributed by atoms with Gasteiger partial charge in [-0.3, -0.25) is 9.10 Å². The van der Waals surface area contributed by atoms with Gasteiger partial charge in [0.1, 0.15) is 6.54 Å². The lowest BCUT2D eigenvalue weighted by Gasteiger charge is -2.22. The molecule has 0 fully saturated rings. The van der Waals surface area contributed by atoms with Crippen molar-refractivity contribution < 1.29 is 17.9 Å². The zero-order chi connectivity index (χ0) is 15.2. The number of amides is 1. The van der Waals surface area contributed by atoms with Crippen molar-refractivity contribution in [2.24, 2.45) is 0 Å². The lowest BCUT2D eigenvalue weighted by Crippen LogP contribution is -2.41. The van der Waals surface area contributed by atoms with Gasteiger partial charge in [-0.25, -0.2) is 8.42 Å². The van der Waals surface area contributed by atoms with Gasteiger partial charge < -0.3 is 10.1 Å². The molecule has 0 aliphatic rings. The molecule has 0 saturated carbocycles. The van der Waals surface area contributed by atoms with Crippen LogP contribution in [0.4, 0.5) is 5.69 Å². The molecule has 112 valence electrons. The smallest absolute Gasteiger partial charge is 0.240 e. The molecular weight excluding hydrogens is 280 g/mol. The molecule has 0 atom stereocenters. The number of sulfonamides is 1. The third-order valence-electron chi connectivity index (χ3n) is 2.64. The van der Waals surface area contributed by atoms with Crippen molar-refractivity contribution in [2.75, 3.05) is 37.4 Å². The van der Waals surface area contributed by atoms with Crippen LogP contribution in [0, 0.1) is 6.92 Å². The molecule has 0 heterocycles. The van der Waals surface area contributed by atoms with Gasteiger partial charge in [0, 0.05) is 13.7 Å². The number of aryl methyl sites for hydroxylation is 1. The monoisotopic (exact) mass is 300 g/mol. The van der Waals surface area contributed by atoms with Crippen molar-refractivity contribution in [1.29, 1.82) is 0 Å². The number of carbonyl (C=O) groups excluding carboxylic acids is 1. The number of anilines is 1. The van der Waals surface area contributed by atoms with Gasteiger partial charge in [0.15, 0.2) is 0 Å². The Balaban J connectivity index is 2.81. The third kappa shape index (κ3) is 5.18. The first kappa shape index (κ1) is 16.5. The first-order chi connectivity index (χ1) is 9.34. The average Bonchev–Trinajstić information content (AvgIpc) is 2.36. The van der Waals surface area contributed by atoms with Gasteiger partial charge in [0.25, 0.3) is 0 Å². The number of carbonyl (C=O) groups is 1. The van der Waals surface area contributed by atoms with Gasteiger partial charge in [0.05, 0.1) is 18.6 Å². The molecule has 6 nitrogen and oxygen atoms in total. The Bertz CT molecular complexity index is 540. The normalized spacial score (nSPS) is 11.2. The summed E-state index contributed by atoms with van der Waals surface area (Å²) >= 11 is 0. The SMILES string of the molecule is COCCNC(=O)CN(c1ccc(C)cc1)S(C)(=O)=O. The minimum atomic E-state index is -3.52. The summed E-state index contributed by atoms with van der Waals surface area (Å²) in [7, 11) is -1.99.